The highest BCUT2D eigenvalue weighted by atomic mass is 32.2. The Hall–Kier alpha value is -1.04. The second-order valence-corrected chi connectivity index (χ2v) is 6.89. The normalized spacial score (nSPS) is 15.9. The van der Waals surface area contributed by atoms with Crippen molar-refractivity contribution in [2.24, 2.45) is 5.41 Å². The lowest BCUT2D eigenvalue weighted by atomic mass is 9.97. The van der Waals surface area contributed by atoms with Gasteiger partial charge in [-0.05, 0) is 18.3 Å². The molecule has 1 aromatic heterocycles. The molecular weight excluding hydrogens is 250 g/mol. The molecule has 1 N–H and O–H groups in total. The van der Waals surface area contributed by atoms with Gasteiger partial charge in [0.2, 0.25) is 0 Å². The van der Waals surface area contributed by atoms with Gasteiger partial charge in [0.25, 0.3) is 0 Å². The number of carbonyl (C=O) groups is 1. The summed E-state index contributed by atoms with van der Waals surface area (Å²) in [5.41, 5.74) is 0.130. The molecule has 0 spiro atoms. The van der Waals surface area contributed by atoms with E-state index in [-0.39, 0.29) is 11.2 Å². The predicted molar refractivity (Wildman–Crippen MR) is 69.8 cm³/mol. The minimum atomic E-state index is -0.821. The van der Waals surface area contributed by atoms with E-state index in [0.717, 1.165) is 17.5 Å². The molecule has 0 aromatic carbocycles. The SMILES string of the molecule is CC(C)(C)Cn1c(SCC(=O)O)nnc1C1CC1. The molecule has 0 atom stereocenters. The third-order valence-corrected chi connectivity index (χ3v) is 3.60. The first kappa shape index (κ1) is 13.4. The Morgan fingerprint density at radius 3 is 2.61 bits per heavy atom. The lowest BCUT2D eigenvalue weighted by Gasteiger charge is -2.21. The van der Waals surface area contributed by atoms with Gasteiger partial charge in [0.1, 0.15) is 5.82 Å². The molecule has 5 nitrogen and oxygen atoms in total. The number of hydrogen-bond acceptors (Lipinski definition) is 4. The van der Waals surface area contributed by atoms with E-state index >= 15 is 0 Å². The highest BCUT2D eigenvalue weighted by Crippen LogP contribution is 2.40. The number of thioether (sulfide) groups is 1. The van der Waals surface area contributed by atoms with Gasteiger partial charge in [-0.1, -0.05) is 32.5 Å². The lowest BCUT2D eigenvalue weighted by molar-refractivity contribution is -0.133. The molecule has 1 saturated carbocycles. The fourth-order valence-corrected chi connectivity index (χ4v) is 2.46. The van der Waals surface area contributed by atoms with E-state index in [0.29, 0.717) is 5.92 Å². The van der Waals surface area contributed by atoms with E-state index in [1.807, 2.05) is 0 Å². The molecule has 0 aliphatic heterocycles. The molecule has 6 heteroatoms. The maximum atomic E-state index is 10.6. The molecule has 2 rings (SSSR count). The fourth-order valence-electron chi connectivity index (χ4n) is 1.80. The predicted octanol–water partition coefficient (Wildman–Crippen LogP) is 2.38. The van der Waals surface area contributed by atoms with Crippen molar-refractivity contribution < 1.29 is 9.90 Å². The molecule has 0 amide bonds. The van der Waals surface area contributed by atoms with Gasteiger partial charge in [0.15, 0.2) is 5.16 Å². The number of nitrogens with zero attached hydrogens (tertiary/aromatic N) is 3. The van der Waals surface area contributed by atoms with Crippen molar-refractivity contribution in [3.8, 4) is 0 Å². The highest BCUT2D eigenvalue weighted by molar-refractivity contribution is 7.99. The second kappa shape index (κ2) is 4.91. The summed E-state index contributed by atoms with van der Waals surface area (Å²) in [6.07, 6.45) is 2.34. The molecule has 0 radical (unpaired) electrons. The van der Waals surface area contributed by atoms with Crippen molar-refractivity contribution in [3.05, 3.63) is 5.82 Å². The van der Waals surface area contributed by atoms with Crippen LogP contribution in [-0.2, 0) is 11.3 Å². The third-order valence-electron chi connectivity index (χ3n) is 2.65. The van der Waals surface area contributed by atoms with Crippen LogP contribution in [0.2, 0.25) is 0 Å². The highest BCUT2D eigenvalue weighted by Gasteiger charge is 2.31. The smallest absolute Gasteiger partial charge is 0.313 e. The third kappa shape index (κ3) is 3.48. The molecule has 100 valence electrons. The van der Waals surface area contributed by atoms with Crippen LogP contribution >= 0.6 is 11.8 Å². The summed E-state index contributed by atoms with van der Waals surface area (Å²) in [6.45, 7) is 7.31. The van der Waals surface area contributed by atoms with Crippen LogP contribution in [0.15, 0.2) is 5.16 Å². The van der Waals surface area contributed by atoms with Crippen LogP contribution in [0, 0.1) is 5.41 Å². The molecule has 1 aromatic rings. The second-order valence-electron chi connectivity index (χ2n) is 5.94. The average molecular weight is 269 g/mol. The van der Waals surface area contributed by atoms with Crippen LogP contribution < -0.4 is 0 Å². The Morgan fingerprint density at radius 2 is 2.11 bits per heavy atom. The molecule has 1 heterocycles. The quantitative estimate of drug-likeness (QED) is 0.831. The molecule has 0 saturated heterocycles. The zero-order valence-corrected chi connectivity index (χ0v) is 11.8. The molecule has 1 aliphatic rings. The number of aliphatic carboxylic acids is 1. The Bertz CT molecular complexity index is 447. The van der Waals surface area contributed by atoms with Crippen LogP contribution in [0.1, 0.15) is 45.4 Å². The first-order valence-corrected chi connectivity index (χ1v) is 7.13. The van der Waals surface area contributed by atoms with Gasteiger partial charge >= 0.3 is 5.97 Å². The van der Waals surface area contributed by atoms with E-state index < -0.39 is 5.97 Å². The monoisotopic (exact) mass is 269 g/mol. The number of hydrogen-bond donors (Lipinski definition) is 1. The summed E-state index contributed by atoms with van der Waals surface area (Å²) in [6, 6.07) is 0. The van der Waals surface area contributed by atoms with E-state index in [9.17, 15) is 4.79 Å². The summed E-state index contributed by atoms with van der Waals surface area (Å²) >= 11 is 1.25. The molecule has 1 fully saturated rings. The van der Waals surface area contributed by atoms with E-state index in [4.69, 9.17) is 5.11 Å². The minimum absolute atomic E-state index is 0.0347. The number of carboxylic acids is 1. The van der Waals surface area contributed by atoms with Crippen LogP contribution in [-0.4, -0.2) is 31.6 Å². The van der Waals surface area contributed by atoms with Crippen molar-refractivity contribution in [2.45, 2.75) is 51.2 Å². The molecule has 18 heavy (non-hydrogen) atoms. The van der Waals surface area contributed by atoms with Gasteiger partial charge in [-0.3, -0.25) is 4.79 Å². The Kier molecular flexibility index (Phi) is 3.66. The van der Waals surface area contributed by atoms with Crippen LogP contribution in [0.3, 0.4) is 0 Å². The maximum Gasteiger partial charge on any atom is 0.313 e. The number of carboxylic acid groups (broad SMARTS) is 1. The Morgan fingerprint density at radius 1 is 1.44 bits per heavy atom. The number of rotatable bonds is 5. The largest absolute Gasteiger partial charge is 0.481 e. The lowest BCUT2D eigenvalue weighted by Crippen LogP contribution is -2.18. The zero-order valence-electron chi connectivity index (χ0n) is 11.0. The summed E-state index contributed by atoms with van der Waals surface area (Å²) in [5, 5.41) is 17.9. The zero-order chi connectivity index (χ0) is 13.3. The Labute approximate surface area is 111 Å². The van der Waals surface area contributed by atoms with E-state index in [1.165, 1.54) is 24.6 Å². The summed E-state index contributed by atoms with van der Waals surface area (Å²) in [7, 11) is 0. The summed E-state index contributed by atoms with van der Waals surface area (Å²) in [4.78, 5) is 10.6. The average Bonchev–Trinajstić information content (AvgIpc) is 2.98. The Balaban J connectivity index is 2.19. The van der Waals surface area contributed by atoms with E-state index in [1.54, 1.807) is 0 Å². The van der Waals surface area contributed by atoms with Crippen molar-refractivity contribution in [1.29, 1.82) is 0 Å². The van der Waals surface area contributed by atoms with Gasteiger partial charge in [0, 0.05) is 12.5 Å². The van der Waals surface area contributed by atoms with Crippen LogP contribution in [0.25, 0.3) is 0 Å². The fraction of sp³-hybridized carbons (Fsp3) is 0.750. The van der Waals surface area contributed by atoms with Crippen LogP contribution in [0.4, 0.5) is 0 Å². The van der Waals surface area contributed by atoms with Crippen LogP contribution in [0.5, 0.6) is 0 Å². The number of aromatic nitrogens is 3. The van der Waals surface area contributed by atoms with Gasteiger partial charge in [-0.15, -0.1) is 10.2 Å². The van der Waals surface area contributed by atoms with Gasteiger partial charge < -0.3 is 9.67 Å². The maximum absolute atomic E-state index is 10.6. The first-order valence-electron chi connectivity index (χ1n) is 6.14. The van der Waals surface area contributed by atoms with Crippen molar-refractivity contribution in [2.75, 3.05) is 5.75 Å². The summed E-state index contributed by atoms with van der Waals surface area (Å²) in [5.74, 6) is 0.766. The minimum Gasteiger partial charge on any atom is -0.481 e. The standard InChI is InChI=1S/C12H19N3O2S/c1-12(2,3)7-15-10(8-4-5-8)13-14-11(15)18-6-9(16)17/h8H,4-7H2,1-3H3,(H,16,17). The van der Waals surface area contributed by atoms with Gasteiger partial charge in [0.05, 0.1) is 5.75 Å². The van der Waals surface area contributed by atoms with E-state index in [2.05, 4.69) is 35.5 Å². The topological polar surface area (TPSA) is 68.0 Å². The van der Waals surface area contributed by atoms with Crippen molar-refractivity contribution in [3.63, 3.8) is 0 Å². The molecular formula is C12H19N3O2S. The van der Waals surface area contributed by atoms with Crippen molar-refractivity contribution >= 4 is 17.7 Å². The summed E-state index contributed by atoms with van der Waals surface area (Å²) < 4.78 is 2.10. The molecule has 1 aliphatic carbocycles. The first-order chi connectivity index (χ1) is 8.37. The van der Waals surface area contributed by atoms with Crippen molar-refractivity contribution in [1.82, 2.24) is 14.8 Å². The van der Waals surface area contributed by atoms with Gasteiger partial charge in [-0.2, -0.15) is 0 Å². The molecule has 0 bridgehead atoms. The molecule has 0 unspecified atom stereocenters. The van der Waals surface area contributed by atoms with Gasteiger partial charge in [-0.25, -0.2) is 0 Å².